The summed E-state index contributed by atoms with van der Waals surface area (Å²) in [5, 5.41) is 13.6. The fraction of sp³-hybridized carbons (Fsp3) is 0.368. The van der Waals surface area contributed by atoms with Crippen molar-refractivity contribution in [1.29, 1.82) is 5.26 Å². The van der Waals surface area contributed by atoms with Gasteiger partial charge in [0, 0.05) is 24.2 Å². The molecule has 0 aliphatic heterocycles. The lowest BCUT2D eigenvalue weighted by molar-refractivity contribution is 0.596. The van der Waals surface area contributed by atoms with E-state index in [0.717, 1.165) is 34.8 Å². The standard InChI is InChI=1S/C19H21N5OS3/c1-4-5-8-28(25)12-27-18-15(10-20)14(17-13(2)22-11-24(17)3)9-16(23-18)19-21-6-7-26-19/h6-7,9,11H,4-5,8,12H2,1-3H3. The first kappa shape index (κ1) is 20.9. The molecule has 0 amide bonds. The third kappa shape index (κ3) is 4.58. The molecule has 0 aliphatic carbocycles. The van der Waals surface area contributed by atoms with Gasteiger partial charge in [0.1, 0.15) is 27.5 Å². The summed E-state index contributed by atoms with van der Waals surface area (Å²) in [6.07, 6.45) is 5.43. The normalized spacial score (nSPS) is 12.1. The number of hydrogen-bond acceptors (Lipinski definition) is 7. The number of aryl methyl sites for hydroxylation is 2. The quantitative estimate of drug-likeness (QED) is 0.388. The molecule has 3 aromatic heterocycles. The van der Waals surface area contributed by atoms with E-state index < -0.39 is 11.2 Å². The van der Waals surface area contributed by atoms with E-state index >= 15 is 0 Å². The van der Waals surface area contributed by atoms with Crippen molar-refractivity contribution in [2.75, 3.05) is 10.8 Å². The summed E-state index contributed by atoms with van der Waals surface area (Å²) < 4.78 is 14.2. The van der Waals surface area contributed by atoms with Gasteiger partial charge in [0.05, 0.1) is 23.3 Å². The van der Waals surface area contributed by atoms with Gasteiger partial charge < -0.3 is 9.12 Å². The molecule has 9 heteroatoms. The average Bonchev–Trinajstić information content (AvgIpc) is 3.34. The number of nitriles is 1. The van der Waals surface area contributed by atoms with E-state index in [1.807, 2.05) is 30.0 Å². The van der Waals surface area contributed by atoms with Gasteiger partial charge in [0.15, 0.2) is 5.08 Å². The number of imidazole rings is 1. The zero-order valence-electron chi connectivity index (χ0n) is 16.0. The van der Waals surface area contributed by atoms with E-state index in [1.54, 1.807) is 12.5 Å². The lowest BCUT2D eigenvalue weighted by Crippen LogP contribution is -2.09. The van der Waals surface area contributed by atoms with Crippen LogP contribution in [0.2, 0.25) is 0 Å². The minimum atomic E-state index is -0.943. The van der Waals surface area contributed by atoms with Gasteiger partial charge in [-0.15, -0.1) is 11.3 Å². The number of aromatic nitrogens is 4. The number of thiazole rings is 1. The van der Waals surface area contributed by atoms with Crippen molar-refractivity contribution >= 4 is 34.3 Å². The number of rotatable bonds is 8. The van der Waals surface area contributed by atoms with Gasteiger partial charge in [-0.3, -0.25) is 0 Å². The van der Waals surface area contributed by atoms with E-state index in [4.69, 9.17) is 4.98 Å². The number of pyridine rings is 1. The molecule has 0 saturated carbocycles. The lowest BCUT2D eigenvalue weighted by Gasteiger charge is -2.14. The smallest absolute Gasteiger partial charge is 0.156 e. The average molecular weight is 432 g/mol. The summed E-state index contributed by atoms with van der Waals surface area (Å²) in [6.45, 7) is 4.01. The SMILES string of the molecule is CCCC[S+]([O-])CSc1nc(-c2nccs2)cc(-c2c(C)ncn2C)c1C#N. The van der Waals surface area contributed by atoms with Crippen LogP contribution in [0.5, 0.6) is 0 Å². The number of nitrogens with zero attached hydrogens (tertiary/aromatic N) is 5. The zero-order chi connectivity index (χ0) is 20.1. The van der Waals surface area contributed by atoms with Gasteiger partial charge in [-0.05, 0) is 30.6 Å². The second-order valence-electron chi connectivity index (χ2n) is 6.23. The fourth-order valence-corrected chi connectivity index (χ4v) is 5.91. The molecule has 0 aliphatic rings. The highest BCUT2D eigenvalue weighted by Crippen LogP contribution is 2.36. The van der Waals surface area contributed by atoms with Gasteiger partial charge in [0.25, 0.3) is 0 Å². The topological polar surface area (TPSA) is 90.4 Å². The Labute approximate surface area is 176 Å². The van der Waals surface area contributed by atoms with Crippen LogP contribution in [-0.4, -0.2) is 34.9 Å². The molecule has 28 heavy (non-hydrogen) atoms. The highest BCUT2D eigenvalue weighted by molar-refractivity contribution is 8.12. The number of thioether (sulfide) groups is 1. The minimum absolute atomic E-state index is 0.423. The van der Waals surface area contributed by atoms with Crippen LogP contribution in [0.15, 0.2) is 29.0 Å². The maximum atomic E-state index is 12.3. The third-order valence-electron chi connectivity index (χ3n) is 4.18. The van der Waals surface area contributed by atoms with Crippen LogP contribution in [-0.2, 0) is 18.2 Å². The van der Waals surface area contributed by atoms with Crippen LogP contribution in [0.25, 0.3) is 22.0 Å². The zero-order valence-corrected chi connectivity index (χ0v) is 18.5. The second kappa shape index (κ2) is 9.56. The van der Waals surface area contributed by atoms with Crippen molar-refractivity contribution in [3.63, 3.8) is 0 Å². The number of unbranched alkanes of at least 4 members (excludes halogenated alkanes) is 1. The van der Waals surface area contributed by atoms with Gasteiger partial charge in [-0.1, -0.05) is 25.1 Å². The molecular formula is C19H21N5OS3. The van der Waals surface area contributed by atoms with Crippen LogP contribution < -0.4 is 0 Å². The predicted octanol–water partition coefficient (Wildman–Crippen LogP) is 4.38. The molecule has 3 heterocycles. The highest BCUT2D eigenvalue weighted by atomic mass is 32.3. The number of hydrogen-bond donors (Lipinski definition) is 0. The Morgan fingerprint density at radius 2 is 2.21 bits per heavy atom. The molecule has 1 atom stereocenters. The van der Waals surface area contributed by atoms with Gasteiger partial charge in [0.2, 0.25) is 0 Å². The van der Waals surface area contributed by atoms with E-state index in [-0.39, 0.29) is 0 Å². The molecule has 3 rings (SSSR count). The van der Waals surface area contributed by atoms with Crippen LogP contribution in [0, 0.1) is 18.3 Å². The molecule has 0 N–H and O–H groups in total. The van der Waals surface area contributed by atoms with Gasteiger partial charge >= 0.3 is 0 Å². The van der Waals surface area contributed by atoms with E-state index in [2.05, 4.69) is 23.0 Å². The summed E-state index contributed by atoms with van der Waals surface area (Å²) in [7, 11) is 1.91. The molecular weight excluding hydrogens is 410 g/mol. The van der Waals surface area contributed by atoms with Crippen molar-refractivity contribution in [2.24, 2.45) is 7.05 Å². The van der Waals surface area contributed by atoms with Crippen LogP contribution in [0.4, 0.5) is 0 Å². The molecule has 146 valence electrons. The lowest BCUT2D eigenvalue weighted by atomic mass is 10.0. The van der Waals surface area contributed by atoms with E-state index in [0.29, 0.717) is 27.1 Å². The molecule has 1 unspecified atom stereocenters. The van der Waals surface area contributed by atoms with Gasteiger partial charge in [-0.2, -0.15) is 5.26 Å². The van der Waals surface area contributed by atoms with Crippen molar-refractivity contribution in [1.82, 2.24) is 19.5 Å². The van der Waals surface area contributed by atoms with Crippen molar-refractivity contribution in [3.05, 3.63) is 35.2 Å². The maximum absolute atomic E-state index is 12.3. The van der Waals surface area contributed by atoms with E-state index in [1.165, 1.54) is 23.1 Å². The Balaban J connectivity index is 2.06. The van der Waals surface area contributed by atoms with Crippen molar-refractivity contribution in [2.45, 2.75) is 31.7 Å². The monoisotopic (exact) mass is 431 g/mol. The summed E-state index contributed by atoms with van der Waals surface area (Å²) >= 11 is 1.93. The molecule has 3 aromatic rings. The first-order valence-electron chi connectivity index (χ1n) is 8.86. The van der Waals surface area contributed by atoms with Gasteiger partial charge in [-0.25, -0.2) is 15.0 Å². The predicted molar refractivity (Wildman–Crippen MR) is 116 cm³/mol. The van der Waals surface area contributed by atoms with Crippen LogP contribution >= 0.6 is 23.1 Å². The van der Waals surface area contributed by atoms with Crippen molar-refractivity contribution < 1.29 is 4.55 Å². The highest BCUT2D eigenvalue weighted by Gasteiger charge is 2.21. The Kier molecular flexibility index (Phi) is 7.13. The first-order chi connectivity index (χ1) is 13.5. The molecule has 6 nitrogen and oxygen atoms in total. The summed E-state index contributed by atoms with van der Waals surface area (Å²) in [5.41, 5.74) is 3.71. The Morgan fingerprint density at radius 3 is 2.82 bits per heavy atom. The maximum Gasteiger partial charge on any atom is 0.156 e. The third-order valence-corrected chi connectivity index (χ3v) is 7.81. The van der Waals surface area contributed by atoms with Crippen LogP contribution in [0.1, 0.15) is 31.0 Å². The minimum Gasteiger partial charge on any atom is -0.616 e. The van der Waals surface area contributed by atoms with E-state index in [9.17, 15) is 9.81 Å². The second-order valence-corrected chi connectivity index (χ2v) is 10.0. The molecule has 0 bridgehead atoms. The Hall–Kier alpha value is -1.86. The van der Waals surface area contributed by atoms with Crippen LogP contribution in [0.3, 0.4) is 0 Å². The fourth-order valence-electron chi connectivity index (χ4n) is 2.80. The first-order valence-corrected chi connectivity index (χ1v) is 12.2. The molecule has 0 radical (unpaired) electrons. The molecule has 0 saturated heterocycles. The summed E-state index contributed by atoms with van der Waals surface area (Å²) in [4.78, 5) is 13.4. The molecule has 0 spiro atoms. The largest absolute Gasteiger partial charge is 0.616 e. The summed E-state index contributed by atoms with van der Waals surface area (Å²) in [6, 6.07) is 4.21. The molecule has 0 aromatic carbocycles. The summed E-state index contributed by atoms with van der Waals surface area (Å²) in [5.74, 6) is 0.672. The van der Waals surface area contributed by atoms with Crippen molar-refractivity contribution in [3.8, 4) is 28.0 Å². The Morgan fingerprint density at radius 1 is 1.39 bits per heavy atom. The Bertz CT molecular complexity index is 959. The molecule has 0 fully saturated rings.